The molecule has 0 unspecified atom stereocenters. The number of nitrogens with zero attached hydrogens (tertiary/aromatic N) is 2. The molecule has 0 spiro atoms. The first-order valence-corrected chi connectivity index (χ1v) is 9.84. The number of hydrogen-bond donors (Lipinski definition) is 0. The lowest BCUT2D eigenvalue weighted by Crippen LogP contribution is -2.37. The standard InChI is InChI=1S/C23H27FN2O3/c1-16(2)12-23(27)26(14-17-4-8-19(24)9-5-17)15-21-13-22(25-29-21)18-6-10-20(28-3)11-7-18/h4-11,16,21H,12-15H2,1-3H3/t21-/m1/s1. The Balaban J connectivity index is 1.65. The quantitative estimate of drug-likeness (QED) is 0.662. The number of carbonyl (C=O) groups excluding carboxylic acids is 1. The van der Waals surface area contributed by atoms with Gasteiger partial charge in [-0.2, -0.15) is 0 Å². The lowest BCUT2D eigenvalue weighted by Gasteiger charge is -2.26. The van der Waals surface area contributed by atoms with E-state index in [0.29, 0.717) is 25.9 Å². The minimum Gasteiger partial charge on any atom is -0.497 e. The van der Waals surface area contributed by atoms with Crippen molar-refractivity contribution in [2.75, 3.05) is 13.7 Å². The molecule has 0 saturated carbocycles. The zero-order valence-electron chi connectivity index (χ0n) is 17.1. The molecule has 1 heterocycles. The van der Waals surface area contributed by atoms with Crippen molar-refractivity contribution in [3.05, 3.63) is 65.5 Å². The van der Waals surface area contributed by atoms with Crippen LogP contribution in [0.15, 0.2) is 53.7 Å². The molecule has 0 fully saturated rings. The van der Waals surface area contributed by atoms with Crippen molar-refractivity contribution in [2.24, 2.45) is 11.1 Å². The number of amides is 1. The number of methoxy groups -OCH3 is 1. The van der Waals surface area contributed by atoms with E-state index in [0.717, 1.165) is 22.6 Å². The van der Waals surface area contributed by atoms with E-state index in [4.69, 9.17) is 9.57 Å². The van der Waals surface area contributed by atoms with Gasteiger partial charge in [-0.05, 0) is 53.4 Å². The van der Waals surface area contributed by atoms with Crippen LogP contribution in [0.3, 0.4) is 0 Å². The second-order valence-corrected chi connectivity index (χ2v) is 7.70. The van der Waals surface area contributed by atoms with Crippen molar-refractivity contribution >= 4 is 11.6 Å². The Bertz CT molecular complexity index is 847. The van der Waals surface area contributed by atoms with Crippen LogP contribution in [0.4, 0.5) is 4.39 Å². The summed E-state index contributed by atoms with van der Waals surface area (Å²) >= 11 is 0. The summed E-state index contributed by atoms with van der Waals surface area (Å²) in [5, 5.41) is 4.22. The predicted octanol–water partition coefficient (Wildman–Crippen LogP) is 4.40. The normalized spacial score (nSPS) is 15.8. The highest BCUT2D eigenvalue weighted by Crippen LogP contribution is 2.21. The topological polar surface area (TPSA) is 51.1 Å². The van der Waals surface area contributed by atoms with E-state index in [1.54, 1.807) is 24.1 Å². The number of hydrogen-bond acceptors (Lipinski definition) is 4. The Labute approximate surface area is 171 Å². The number of rotatable bonds is 8. The van der Waals surface area contributed by atoms with Crippen LogP contribution < -0.4 is 4.74 Å². The van der Waals surface area contributed by atoms with Crippen LogP contribution in [0.5, 0.6) is 5.75 Å². The second kappa shape index (κ2) is 9.54. The Kier molecular flexibility index (Phi) is 6.86. The fraction of sp³-hybridized carbons (Fsp3) is 0.391. The molecule has 1 amide bonds. The van der Waals surface area contributed by atoms with E-state index in [9.17, 15) is 9.18 Å². The van der Waals surface area contributed by atoms with Gasteiger partial charge in [-0.25, -0.2) is 4.39 Å². The zero-order chi connectivity index (χ0) is 20.8. The molecule has 0 saturated heterocycles. The Morgan fingerprint density at radius 1 is 1.21 bits per heavy atom. The van der Waals surface area contributed by atoms with Crippen molar-refractivity contribution in [1.82, 2.24) is 4.90 Å². The third-order valence-corrected chi connectivity index (χ3v) is 4.80. The summed E-state index contributed by atoms with van der Waals surface area (Å²) in [5.41, 5.74) is 2.72. The lowest BCUT2D eigenvalue weighted by atomic mass is 10.0. The third-order valence-electron chi connectivity index (χ3n) is 4.80. The average molecular weight is 398 g/mol. The Hall–Kier alpha value is -2.89. The van der Waals surface area contributed by atoms with E-state index in [-0.39, 0.29) is 23.7 Å². The number of halogens is 1. The smallest absolute Gasteiger partial charge is 0.223 e. The van der Waals surface area contributed by atoms with Crippen LogP contribution in [0.25, 0.3) is 0 Å². The van der Waals surface area contributed by atoms with Crippen molar-refractivity contribution in [1.29, 1.82) is 0 Å². The molecule has 1 atom stereocenters. The number of carbonyl (C=O) groups is 1. The molecule has 0 N–H and O–H groups in total. The van der Waals surface area contributed by atoms with E-state index < -0.39 is 0 Å². The molecular weight excluding hydrogens is 371 g/mol. The summed E-state index contributed by atoms with van der Waals surface area (Å²) < 4.78 is 18.4. The van der Waals surface area contributed by atoms with Crippen molar-refractivity contribution in [3.63, 3.8) is 0 Å². The summed E-state index contributed by atoms with van der Waals surface area (Å²) in [6, 6.07) is 13.9. The zero-order valence-corrected chi connectivity index (χ0v) is 17.1. The highest BCUT2D eigenvalue weighted by Gasteiger charge is 2.27. The van der Waals surface area contributed by atoms with Crippen LogP contribution in [0, 0.1) is 11.7 Å². The first-order valence-electron chi connectivity index (χ1n) is 9.84. The monoisotopic (exact) mass is 398 g/mol. The van der Waals surface area contributed by atoms with Gasteiger partial charge in [-0.1, -0.05) is 31.1 Å². The van der Waals surface area contributed by atoms with Gasteiger partial charge in [0.1, 0.15) is 11.6 Å². The van der Waals surface area contributed by atoms with Crippen LogP contribution in [0.2, 0.25) is 0 Å². The molecular formula is C23H27FN2O3. The van der Waals surface area contributed by atoms with Crippen molar-refractivity contribution < 1.29 is 18.8 Å². The van der Waals surface area contributed by atoms with E-state index in [1.165, 1.54) is 12.1 Å². The molecule has 154 valence electrons. The van der Waals surface area contributed by atoms with Gasteiger partial charge < -0.3 is 14.5 Å². The third kappa shape index (κ3) is 5.79. The number of ether oxygens (including phenoxy) is 1. The molecule has 5 nitrogen and oxygen atoms in total. The molecule has 3 rings (SSSR count). The van der Waals surface area contributed by atoms with Gasteiger partial charge in [0, 0.05) is 19.4 Å². The summed E-state index contributed by atoms with van der Waals surface area (Å²) in [6.07, 6.45) is 0.880. The van der Waals surface area contributed by atoms with Crippen LogP contribution in [-0.4, -0.2) is 36.3 Å². The number of oxime groups is 1. The van der Waals surface area contributed by atoms with Crippen molar-refractivity contribution in [2.45, 2.75) is 39.3 Å². The van der Waals surface area contributed by atoms with Gasteiger partial charge in [-0.3, -0.25) is 4.79 Å². The molecule has 6 heteroatoms. The van der Waals surface area contributed by atoms with Crippen LogP contribution in [0.1, 0.15) is 37.8 Å². The molecule has 0 aromatic heterocycles. The second-order valence-electron chi connectivity index (χ2n) is 7.70. The van der Waals surface area contributed by atoms with Crippen LogP contribution in [-0.2, 0) is 16.2 Å². The van der Waals surface area contributed by atoms with Gasteiger partial charge in [0.2, 0.25) is 5.91 Å². The largest absolute Gasteiger partial charge is 0.497 e. The predicted molar refractivity (Wildman–Crippen MR) is 110 cm³/mol. The molecule has 1 aliphatic heterocycles. The average Bonchev–Trinajstić information content (AvgIpc) is 3.17. The Morgan fingerprint density at radius 2 is 1.90 bits per heavy atom. The number of benzene rings is 2. The van der Waals surface area contributed by atoms with Crippen molar-refractivity contribution in [3.8, 4) is 5.75 Å². The van der Waals surface area contributed by atoms with Gasteiger partial charge in [0.25, 0.3) is 0 Å². The highest BCUT2D eigenvalue weighted by atomic mass is 19.1. The summed E-state index contributed by atoms with van der Waals surface area (Å²) in [4.78, 5) is 20.2. The Morgan fingerprint density at radius 3 is 2.52 bits per heavy atom. The van der Waals surface area contributed by atoms with Gasteiger partial charge in [0.15, 0.2) is 6.10 Å². The molecule has 0 radical (unpaired) electrons. The molecule has 0 bridgehead atoms. The summed E-state index contributed by atoms with van der Waals surface area (Å²) in [6.45, 7) is 4.89. The molecule has 1 aliphatic rings. The highest BCUT2D eigenvalue weighted by molar-refractivity contribution is 6.01. The summed E-state index contributed by atoms with van der Waals surface area (Å²) in [5.74, 6) is 0.819. The minimum atomic E-state index is -0.287. The fourth-order valence-electron chi connectivity index (χ4n) is 3.27. The fourth-order valence-corrected chi connectivity index (χ4v) is 3.27. The molecule has 2 aromatic rings. The molecule has 29 heavy (non-hydrogen) atoms. The van der Waals surface area contributed by atoms with E-state index in [2.05, 4.69) is 5.16 Å². The van der Waals surface area contributed by atoms with Gasteiger partial charge in [-0.15, -0.1) is 0 Å². The summed E-state index contributed by atoms with van der Waals surface area (Å²) in [7, 11) is 1.63. The first kappa shape index (κ1) is 20.8. The lowest BCUT2D eigenvalue weighted by molar-refractivity contribution is -0.134. The maximum atomic E-state index is 13.2. The van der Waals surface area contributed by atoms with E-state index >= 15 is 0 Å². The van der Waals surface area contributed by atoms with Gasteiger partial charge in [0.05, 0.1) is 19.4 Å². The maximum Gasteiger partial charge on any atom is 0.223 e. The minimum absolute atomic E-state index is 0.0609. The molecule has 0 aliphatic carbocycles. The molecule has 2 aromatic carbocycles. The van der Waals surface area contributed by atoms with Crippen LogP contribution >= 0.6 is 0 Å². The first-order chi connectivity index (χ1) is 13.9. The SMILES string of the molecule is COc1ccc(C2=NO[C@@H](CN(Cc3ccc(F)cc3)C(=O)CC(C)C)C2)cc1. The maximum absolute atomic E-state index is 13.2. The van der Waals surface area contributed by atoms with E-state index in [1.807, 2.05) is 38.1 Å². The van der Waals surface area contributed by atoms with Gasteiger partial charge >= 0.3 is 0 Å².